The Hall–Kier alpha value is -2.36. The van der Waals surface area contributed by atoms with Crippen molar-refractivity contribution in [1.29, 1.82) is 0 Å². The first-order valence-electron chi connectivity index (χ1n) is 5.66. The summed E-state index contributed by atoms with van der Waals surface area (Å²) in [5.74, 6) is -3.63. The van der Waals surface area contributed by atoms with Gasteiger partial charge in [0.05, 0.1) is 12.0 Å². The van der Waals surface area contributed by atoms with E-state index in [0.717, 1.165) is 11.8 Å². The predicted molar refractivity (Wildman–Crippen MR) is 72.5 cm³/mol. The van der Waals surface area contributed by atoms with Gasteiger partial charge in [-0.1, -0.05) is 0 Å². The molecule has 9 nitrogen and oxygen atoms in total. The van der Waals surface area contributed by atoms with Gasteiger partial charge in [0, 0.05) is 5.69 Å². The number of carbonyl (C=O) groups excluding carboxylic acids is 1. The number of aromatic nitrogens is 2. The van der Waals surface area contributed by atoms with Gasteiger partial charge >= 0.3 is 17.6 Å². The number of nitrogens with one attached hydrogen (secondary N) is 2. The number of carbonyl (C=O) groups is 3. The molecular formula is C11H13N3O6S. The number of aliphatic carboxylic acids is 2. The van der Waals surface area contributed by atoms with E-state index in [9.17, 15) is 19.2 Å². The molecule has 0 spiro atoms. The minimum Gasteiger partial charge on any atom is -0.481 e. The lowest BCUT2D eigenvalue weighted by Crippen LogP contribution is -2.43. The minimum atomic E-state index is -1.57. The highest BCUT2D eigenvalue weighted by molar-refractivity contribution is 7.98. The highest BCUT2D eigenvalue weighted by atomic mass is 32.2. The van der Waals surface area contributed by atoms with Crippen LogP contribution in [0.15, 0.2) is 9.82 Å². The number of carboxylic acids is 2. The van der Waals surface area contributed by atoms with Crippen LogP contribution in [0.25, 0.3) is 0 Å². The molecule has 21 heavy (non-hydrogen) atoms. The first-order valence-corrected chi connectivity index (χ1v) is 6.89. The fraction of sp³-hybridized carbons (Fsp3) is 0.364. The molecule has 0 bridgehead atoms. The van der Waals surface area contributed by atoms with Gasteiger partial charge in [0.1, 0.15) is 11.1 Å². The number of hydrogen-bond donors (Lipinski definition) is 4. The fourth-order valence-corrected chi connectivity index (χ4v) is 2.20. The summed E-state index contributed by atoms with van der Waals surface area (Å²) in [7, 11) is 0. The zero-order valence-corrected chi connectivity index (χ0v) is 12.0. The topological polar surface area (TPSA) is 149 Å². The minimum absolute atomic E-state index is 0.0127. The Morgan fingerprint density at radius 2 is 2.00 bits per heavy atom. The Kier molecular flexibility index (Phi) is 5.47. The second-order valence-corrected chi connectivity index (χ2v) is 4.81. The van der Waals surface area contributed by atoms with Crippen molar-refractivity contribution in [3.63, 3.8) is 0 Å². The van der Waals surface area contributed by atoms with Crippen molar-refractivity contribution < 1.29 is 24.6 Å². The van der Waals surface area contributed by atoms with Crippen LogP contribution in [0.3, 0.4) is 0 Å². The van der Waals surface area contributed by atoms with Crippen molar-refractivity contribution in [3.8, 4) is 0 Å². The van der Waals surface area contributed by atoms with Gasteiger partial charge in [-0.05, 0) is 13.2 Å². The average molecular weight is 315 g/mol. The molecule has 0 radical (unpaired) electrons. The lowest BCUT2D eigenvalue weighted by atomic mass is 10.1. The molecule has 1 amide bonds. The molecule has 4 N–H and O–H groups in total. The Labute approximate surface area is 122 Å². The predicted octanol–water partition coefficient (Wildman–Crippen LogP) is -0.542. The zero-order valence-electron chi connectivity index (χ0n) is 11.2. The highest BCUT2D eigenvalue weighted by Crippen LogP contribution is 2.18. The molecule has 1 atom stereocenters. The molecule has 1 aromatic heterocycles. The van der Waals surface area contributed by atoms with E-state index >= 15 is 0 Å². The number of nitrogens with zero attached hydrogens (tertiary/aromatic N) is 1. The van der Waals surface area contributed by atoms with Gasteiger partial charge in [-0.2, -0.15) is 4.98 Å². The Balaban J connectivity index is 3.11. The first-order chi connectivity index (χ1) is 9.76. The number of thioether (sulfide) groups is 1. The molecule has 0 aliphatic heterocycles. The first kappa shape index (κ1) is 16.7. The molecule has 0 unspecified atom stereocenters. The lowest BCUT2D eigenvalue weighted by Gasteiger charge is -2.14. The van der Waals surface area contributed by atoms with Crippen molar-refractivity contribution in [3.05, 3.63) is 21.7 Å². The lowest BCUT2D eigenvalue weighted by molar-refractivity contribution is -0.145. The van der Waals surface area contributed by atoms with Crippen LogP contribution in [-0.4, -0.2) is 50.3 Å². The third kappa shape index (κ3) is 4.31. The third-order valence-electron chi connectivity index (χ3n) is 2.49. The van der Waals surface area contributed by atoms with E-state index in [1.807, 2.05) is 0 Å². The summed E-state index contributed by atoms with van der Waals surface area (Å²) < 4.78 is 0. The summed E-state index contributed by atoms with van der Waals surface area (Å²) in [6.45, 7) is 1.46. The molecule has 1 rings (SSSR count). The normalized spacial score (nSPS) is 11.7. The van der Waals surface area contributed by atoms with Crippen LogP contribution in [-0.2, 0) is 9.59 Å². The van der Waals surface area contributed by atoms with E-state index in [4.69, 9.17) is 10.2 Å². The van der Waals surface area contributed by atoms with Crippen LogP contribution in [0.2, 0.25) is 0 Å². The van der Waals surface area contributed by atoms with E-state index in [1.54, 1.807) is 6.26 Å². The number of amides is 1. The Bertz CT molecular complexity index is 641. The Morgan fingerprint density at radius 3 is 2.48 bits per heavy atom. The van der Waals surface area contributed by atoms with Crippen LogP contribution < -0.4 is 11.0 Å². The number of carboxylic acid groups (broad SMARTS) is 2. The second kappa shape index (κ2) is 6.88. The van der Waals surface area contributed by atoms with E-state index in [-0.39, 0.29) is 16.3 Å². The molecule has 10 heteroatoms. The summed E-state index contributed by atoms with van der Waals surface area (Å²) in [4.78, 5) is 50.8. The third-order valence-corrected chi connectivity index (χ3v) is 3.17. The van der Waals surface area contributed by atoms with E-state index < -0.39 is 36.0 Å². The molecule has 0 fully saturated rings. The molecule has 0 saturated carbocycles. The molecule has 0 aliphatic carbocycles. The van der Waals surface area contributed by atoms with Crippen LogP contribution >= 0.6 is 11.8 Å². The fourth-order valence-electron chi connectivity index (χ4n) is 1.58. The summed E-state index contributed by atoms with van der Waals surface area (Å²) >= 11 is 1.05. The monoisotopic (exact) mass is 315 g/mol. The van der Waals surface area contributed by atoms with Gasteiger partial charge in [-0.3, -0.25) is 9.59 Å². The Morgan fingerprint density at radius 1 is 1.38 bits per heavy atom. The number of hydrogen-bond acceptors (Lipinski definition) is 6. The zero-order chi connectivity index (χ0) is 16.2. The van der Waals surface area contributed by atoms with Gasteiger partial charge in [0.2, 0.25) is 0 Å². The van der Waals surface area contributed by atoms with Crippen molar-refractivity contribution in [1.82, 2.24) is 15.3 Å². The van der Waals surface area contributed by atoms with Crippen molar-refractivity contribution >= 4 is 29.6 Å². The van der Waals surface area contributed by atoms with Crippen molar-refractivity contribution in [2.75, 3.05) is 6.26 Å². The maximum atomic E-state index is 12.1. The summed E-state index contributed by atoms with van der Waals surface area (Å²) in [6.07, 6.45) is 0.843. The van der Waals surface area contributed by atoms with Crippen LogP contribution in [0.5, 0.6) is 0 Å². The van der Waals surface area contributed by atoms with Crippen molar-refractivity contribution in [2.24, 2.45) is 0 Å². The number of H-pyrrole nitrogens is 1. The van der Waals surface area contributed by atoms with Gasteiger partial charge < -0.3 is 20.5 Å². The number of rotatable bonds is 6. The maximum absolute atomic E-state index is 12.1. The summed E-state index contributed by atoms with van der Waals surface area (Å²) in [5.41, 5.74) is -0.399. The maximum Gasteiger partial charge on any atom is 0.346 e. The molecule has 0 aliphatic rings. The van der Waals surface area contributed by atoms with Crippen LogP contribution in [0.4, 0.5) is 0 Å². The molecule has 0 saturated heterocycles. The quantitative estimate of drug-likeness (QED) is 0.404. The summed E-state index contributed by atoms with van der Waals surface area (Å²) in [6, 6.07) is -1.57. The molecular weight excluding hydrogens is 302 g/mol. The molecule has 0 aromatic carbocycles. The summed E-state index contributed by atoms with van der Waals surface area (Å²) in [5, 5.41) is 19.8. The molecule has 1 heterocycles. The van der Waals surface area contributed by atoms with Gasteiger partial charge in [-0.15, -0.1) is 11.8 Å². The van der Waals surface area contributed by atoms with Gasteiger partial charge in [-0.25, -0.2) is 9.59 Å². The van der Waals surface area contributed by atoms with Crippen molar-refractivity contribution in [2.45, 2.75) is 24.4 Å². The van der Waals surface area contributed by atoms with Gasteiger partial charge in [0.15, 0.2) is 0 Å². The second-order valence-electron chi connectivity index (χ2n) is 4.01. The van der Waals surface area contributed by atoms with Crippen LogP contribution in [0.1, 0.15) is 22.5 Å². The van der Waals surface area contributed by atoms with E-state index in [1.165, 1.54) is 6.92 Å². The molecule has 1 aromatic rings. The highest BCUT2D eigenvalue weighted by Gasteiger charge is 2.26. The van der Waals surface area contributed by atoms with Crippen LogP contribution in [0, 0.1) is 6.92 Å². The standard InChI is InChI=1S/C11H13N3O6S/c1-4-7(9(21-2)14-11(20)12-4)8(17)13-5(10(18)19)3-6(15)16/h5H,3H2,1-2H3,(H,13,17)(H,15,16)(H,18,19)(H,12,14,20)/t5-/m0/s1. The number of aromatic amines is 1. The number of aryl methyl sites for hydroxylation is 1. The van der Waals surface area contributed by atoms with E-state index in [0.29, 0.717) is 0 Å². The van der Waals surface area contributed by atoms with E-state index in [2.05, 4.69) is 15.3 Å². The molecule has 114 valence electrons. The van der Waals surface area contributed by atoms with Gasteiger partial charge in [0.25, 0.3) is 5.91 Å². The smallest absolute Gasteiger partial charge is 0.346 e. The average Bonchev–Trinajstić information content (AvgIpc) is 2.35. The largest absolute Gasteiger partial charge is 0.481 e. The SMILES string of the molecule is CSc1nc(=O)[nH]c(C)c1C(=O)N[C@@H](CC(=O)O)C(=O)O.